The Morgan fingerprint density at radius 1 is 0.444 bits per heavy atom. The number of aliphatic hydroxyl groups is 2. The van der Waals surface area contributed by atoms with Crippen LogP contribution in [-0.4, -0.2) is 23.4 Å². The van der Waals surface area contributed by atoms with Crippen LogP contribution in [0.25, 0.3) is 0 Å². The van der Waals surface area contributed by atoms with Crippen LogP contribution in [0.5, 0.6) is 0 Å². The summed E-state index contributed by atoms with van der Waals surface area (Å²) in [7, 11) is 0. The van der Waals surface area contributed by atoms with Crippen LogP contribution in [0.15, 0.2) is 24.7 Å². The third-order valence-corrected chi connectivity index (χ3v) is 5.02. The third kappa shape index (κ3) is 21.4. The molecule has 0 bridgehead atoms. The topological polar surface area (TPSA) is 49.7 Å². The van der Waals surface area contributed by atoms with E-state index in [0.717, 1.165) is 62.9 Å². The summed E-state index contributed by atoms with van der Waals surface area (Å²) in [6.07, 6.45) is 21.1. The summed E-state index contributed by atoms with van der Waals surface area (Å²) in [4.78, 5) is 0. The van der Waals surface area contributed by atoms with Gasteiger partial charge in [-0.2, -0.15) is 0 Å². The average molecular weight is 383 g/mol. The van der Waals surface area contributed by atoms with E-state index >= 15 is 0 Å². The zero-order valence-electron chi connectivity index (χ0n) is 17.9. The Bertz CT molecular complexity index is 307. The van der Waals surface area contributed by atoms with Crippen LogP contribution in [-0.2, 0) is 4.74 Å². The number of ether oxygens (including phenoxy) is 1. The lowest BCUT2D eigenvalue weighted by atomic mass is 10.1. The highest BCUT2D eigenvalue weighted by molar-refractivity contribution is 4.93. The minimum absolute atomic E-state index is 0.333. The fraction of sp³-hybridized carbons (Fsp3) is 0.833. The maximum atomic E-state index is 8.74. The Kier molecular flexibility index (Phi) is 20.9. The fourth-order valence-electron chi connectivity index (χ4n) is 3.30. The molecule has 0 amide bonds. The Labute approximate surface area is 168 Å². The fourth-order valence-corrected chi connectivity index (χ4v) is 3.30. The molecule has 0 rings (SSSR count). The second-order valence-electron chi connectivity index (χ2n) is 7.78. The number of unbranched alkanes of at least 4 members (excludes halogenated alkanes) is 14. The standard InChI is InChI=1S/C24H46O3/c1-23(19-15-11-7-3-5-9-13-17-21-25)27-24(2)20-16-12-8-4-6-10-14-18-22-26/h25-26H,1-22H2. The lowest BCUT2D eigenvalue weighted by molar-refractivity contribution is 0.274. The third-order valence-electron chi connectivity index (χ3n) is 5.02. The Hall–Kier alpha value is -0.800. The summed E-state index contributed by atoms with van der Waals surface area (Å²) in [5.74, 6) is 1.73. The van der Waals surface area contributed by atoms with Gasteiger partial charge in [-0.15, -0.1) is 0 Å². The van der Waals surface area contributed by atoms with Gasteiger partial charge in [0, 0.05) is 26.1 Å². The van der Waals surface area contributed by atoms with E-state index in [0.29, 0.717) is 13.2 Å². The molecule has 0 unspecified atom stereocenters. The van der Waals surface area contributed by atoms with Crippen molar-refractivity contribution in [3.05, 3.63) is 24.7 Å². The van der Waals surface area contributed by atoms with Crippen LogP contribution in [0.4, 0.5) is 0 Å². The van der Waals surface area contributed by atoms with Gasteiger partial charge in [-0.25, -0.2) is 0 Å². The highest BCUT2D eigenvalue weighted by Crippen LogP contribution is 2.18. The van der Waals surface area contributed by atoms with Gasteiger partial charge in [-0.1, -0.05) is 90.2 Å². The van der Waals surface area contributed by atoms with Gasteiger partial charge in [0.15, 0.2) is 0 Å². The van der Waals surface area contributed by atoms with Crippen LogP contribution in [0, 0.1) is 0 Å². The molecule has 0 radical (unpaired) electrons. The Morgan fingerprint density at radius 3 is 1.00 bits per heavy atom. The van der Waals surface area contributed by atoms with Crippen molar-refractivity contribution in [3.8, 4) is 0 Å². The maximum absolute atomic E-state index is 8.74. The molecular weight excluding hydrogens is 336 g/mol. The van der Waals surface area contributed by atoms with Crippen molar-refractivity contribution < 1.29 is 14.9 Å². The smallest absolute Gasteiger partial charge is 0.0964 e. The number of hydrogen-bond donors (Lipinski definition) is 2. The van der Waals surface area contributed by atoms with E-state index in [-0.39, 0.29) is 0 Å². The highest BCUT2D eigenvalue weighted by atomic mass is 16.5. The maximum Gasteiger partial charge on any atom is 0.0964 e. The SMILES string of the molecule is C=C(CCCCCCCCCCO)OC(=C)CCCCCCCCCCO. The van der Waals surface area contributed by atoms with Gasteiger partial charge in [0.05, 0.1) is 11.5 Å². The Morgan fingerprint density at radius 2 is 0.704 bits per heavy atom. The molecule has 0 aliphatic heterocycles. The van der Waals surface area contributed by atoms with Gasteiger partial charge in [-0.05, 0) is 25.7 Å². The molecule has 160 valence electrons. The van der Waals surface area contributed by atoms with E-state index in [1.54, 1.807) is 0 Å². The van der Waals surface area contributed by atoms with Crippen molar-refractivity contribution in [1.82, 2.24) is 0 Å². The zero-order valence-corrected chi connectivity index (χ0v) is 17.9. The first-order valence-electron chi connectivity index (χ1n) is 11.5. The number of rotatable bonds is 22. The zero-order chi connectivity index (χ0) is 20.0. The normalized spacial score (nSPS) is 10.9. The minimum Gasteiger partial charge on any atom is -0.467 e. The molecule has 0 heterocycles. The molecule has 0 aromatic carbocycles. The number of hydrogen-bond acceptors (Lipinski definition) is 3. The first kappa shape index (κ1) is 26.2. The van der Waals surface area contributed by atoms with E-state index in [2.05, 4.69) is 13.2 Å². The van der Waals surface area contributed by atoms with Crippen molar-refractivity contribution in [1.29, 1.82) is 0 Å². The summed E-state index contributed by atoms with van der Waals surface area (Å²) in [5.41, 5.74) is 0. The summed E-state index contributed by atoms with van der Waals surface area (Å²) in [6.45, 7) is 8.73. The van der Waals surface area contributed by atoms with Gasteiger partial charge in [-0.3, -0.25) is 0 Å². The van der Waals surface area contributed by atoms with E-state index in [1.807, 2.05) is 0 Å². The molecule has 0 aromatic heterocycles. The summed E-state index contributed by atoms with van der Waals surface area (Å²) >= 11 is 0. The van der Waals surface area contributed by atoms with Crippen molar-refractivity contribution in [2.24, 2.45) is 0 Å². The molecule has 0 spiro atoms. The summed E-state index contributed by atoms with van der Waals surface area (Å²) in [6, 6.07) is 0. The van der Waals surface area contributed by atoms with Crippen LogP contribution in [0.1, 0.15) is 116 Å². The molecule has 0 fully saturated rings. The molecule has 0 aliphatic rings. The van der Waals surface area contributed by atoms with Crippen molar-refractivity contribution in [2.75, 3.05) is 13.2 Å². The van der Waals surface area contributed by atoms with Gasteiger partial charge in [0.25, 0.3) is 0 Å². The predicted octanol–water partition coefficient (Wildman–Crippen LogP) is 7.04. The van der Waals surface area contributed by atoms with Gasteiger partial charge >= 0.3 is 0 Å². The van der Waals surface area contributed by atoms with Crippen LogP contribution >= 0.6 is 0 Å². The second kappa shape index (κ2) is 21.5. The quantitative estimate of drug-likeness (QED) is 0.156. The molecule has 0 atom stereocenters. The van der Waals surface area contributed by atoms with Gasteiger partial charge < -0.3 is 14.9 Å². The lowest BCUT2D eigenvalue weighted by Gasteiger charge is -2.11. The van der Waals surface area contributed by atoms with E-state index in [1.165, 1.54) is 64.2 Å². The molecule has 27 heavy (non-hydrogen) atoms. The van der Waals surface area contributed by atoms with E-state index in [4.69, 9.17) is 14.9 Å². The molecule has 0 saturated heterocycles. The van der Waals surface area contributed by atoms with Crippen molar-refractivity contribution in [2.45, 2.75) is 116 Å². The number of allylic oxidation sites excluding steroid dienone is 2. The second-order valence-corrected chi connectivity index (χ2v) is 7.78. The first-order chi connectivity index (χ1) is 13.2. The summed E-state index contributed by atoms with van der Waals surface area (Å²) in [5, 5.41) is 17.5. The largest absolute Gasteiger partial charge is 0.467 e. The monoisotopic (exact) mass is 382 g/mol. The van der Waals surface area contributed by atoms with Crippen molar-refractivity contribution in [3.63, 3.8) is 0 Å². The van der Waals surface area contributed by atoms with Crippen LogP contribution in [0.3, 0.4) is 0 Å². The van der Waals surface area contributed by atoms with E-state index in [9.17, 15) is 0 Å². The van der Waals surface area contributed by atoms with Crippen LogP contribution < -0.4 is 0 Å². The average Bonchev–Trinajstić information content (AvgIpc) is 2.65. The minimum atomic E-state index is 0.333. The molecule has 3 heteroatoms. The summed E-state index contributed by atoms with van der Waals surface area (Å²) < 4.78 is 5.76. The molecule has 0 aliphatic carbocycles. The van der Waals surface area contributed by atoms with Gasteiger partial charge in [0.1, 0.15) is 0 Å². The van der Waals surface area contributed by atoms with E-state index < -0.39 is 0 Å². The predicted molar refractivity (Wildman–Crippen MR) is 117 cm³/mol. The highest BCUT2D eigenvalue weighted by Gasteiger charge is 2.01. The lowest BCUT2D eigenvalue weighted by Crippen LogP contribution is -1.93. The first-order valence-corrected chi connectivity index (χ1v) is 11.5. The van der Waals surface area contributed by atoms with Gasteiger partial charge in [0.2, 0.25) is 0 Å². The number of aliphatic hydroxyl groups excluding tert-OH is 2. The molecule has 0 saturated carbocycles. The van der Waals surface area contributed by atoms with Crippen molar-refractivity contribution >= 4 is 0 Å². The molecule has 2 N–H and O–H groups in total. The Balaban J connectivity index is 3.33. The molecular formula is C24H46O3. The van der Waals surface area contributed by atoms with Crippen LogP contribution in [0.2, 0.25) is 0 Å². The molecule has 3 nitrogen and oxygen atoms in total. The molecule has 0 aromatic rings.